The summed E-state index contributed by atoms with van der Waals surface area (Å²) >= 11 is 1.61. The summed E-state index contributed by atoms with van der Waals surface area (Å²) in [4.78, 5) is 25.8. The van der Waals surface area contributed by atoms with E-state index < -0.39 is 12.1 Å². The minimum absolute atomic E-state index is 0.0507. The highest BCUT2D eigenvalue weighted by molar-refractivity contribution is 7.98. The Hall–Kier alpha value is -2.47. The third-order valence-corrected chi connectivity index (χ3v) is 4.33. The molecule has 0 unspecified atom stereocenters. The molecule has 0 aliphatic rings. The van der Waals surface area contributed by atoms with Crippen LogP contribution >= 0.6 is 11.8 Å². The van der Waals surface area contributed by atoms with Crippen LogP contribution in [0.1, 0.15) is 13.8 Å². The predicted molar refractivity (Wildman–Crippen MR) is 104 cm³/mol. The molecule has 0 aliphatic carbocycles. The van der Waals surface area contributed by atoms with Gasteiger partial charge in [0, 0.05) is 16.3 Å². The number of benzene rings is 2. The molecule has 132 valence electrons. The molecular formula is C19H23N3O2S. The summed E-state index contributed by atoms with van der Waals surface area (Å²) in [5.74, 6) is -0.290. The Morgan fingerprint density at radius 2 is 1.60 bits per heavy atom. The van der Waals surface area contributed by atoms with Gasteiger partial charge >= 0.3 is 6.03 Å². The first-order valence-corrected chi connectivity index (χ1v) is 9.29. The fraction of sp³-hybridized carbons (Fsp3) is 0.263. The summed E-state index contributed by atoms with van der Waals surface area (Å²) in [6, 6.07) is 15.7. The highest BCUT2D eigenvalue weighted by Crippen LogP contribution is 2.19. The van der Waals surface area contributed by atoms with Crippen molar-refractivity contribution in [3.05, 3.63) is 54.6 Å². The van der Waals surface area contributed by atoms with E-state index in [9.17, 15) is 9.59 Å². The molecule has 0 radical (unpaired) electrons. The number of carbonyl (C=O) groups excluding carboxylic acids is 2. The van der Waals surface area contributed by atoms with Crippen molar-refractivity contribution < 1.29 is 9.59 Å². The van der Waals surface area contributed by atoms with E-state index in [4.69, 9.17) is 0 Å². The van der Waals surface area contributed by atoms with Crippen LogP contribution in [0.5, 0.6) is 0 Å². The van der Waals surface area contributed by atoms with Gasteiger partial charge in [-0.2, -0.15) is 0 Å². The van der Waals surface area contributed by atoms with Crippen LogP contribution in [0.3, 0.4) is 0 Å². The van der Waals surface area contributed by atoms with Crippen LogP contribution in [-0.4, -0.2) is 24.2 Å². The molecule has 0 aromatic heterocycles. The first-order chi connectivity index (χ1) is 12.0. The number of para-hydroxylation sites is 1. The molecule has 5 nitrogen and oxygen atoms in total. The van der Waals surface area contributed by atoms with E-state index in [-0.39, 0.29) is 11.8 Å². The van der Waals surface area contributed by atoms with Crippen LogP contribution in [0.4, 0.5) is 16.2 Å². The number of nitrogens with one attached hydrogen (secondary N) is 3. The zero-order valence-corrected chi connectivity index (χ0v) is 15.4. The van der Waals surface area contributed by atoms with Gasteiger partial charge in [-0.25, -0.2) is 4.79 Å². The van der Waals surface area contributed by atoms with Gasteiger partial charge in [0.05, 0.1) is 0 Å². The molecule has 3 amide bonds. The normalized spacial score (nSPS) is 11.7. The second kappa shape index (κ2) is 9.13. The molecule has 6 heteroatoms. The summed E-state index contributed by atoms with van der Waals surface area (Å²) < 4.78 is 0. The Morgan fingerprint density at radius 3 is 2.24 bits per heavy atom. The molecule has 2 aromatic carbocycles. The average Bonchev–Trinajstić information content (AvgIpc) is 2.60. The lowest BCUT2D eigenvalue weighted by Crippen LogP contribution is -2.48. The topological polar surface area (TPSA) is 70.2 Å². The van der Waals surface area contributed by atoms with Crippen molar-refractivity contribution in [2.45, 2.75) is 24.8 Å². The second-order valence-electron chi connectivity index (χ2n) is 5.91. The molecule has 0 fully saturated rings. The van der Waals surface area contributed by atoms with Crippen LogP contribution in [0, 0.1) is 5.92 Å². The molecule has 0 spiro atoms. The number of urea groups is 1. The van der Waals surface area contributed by atoms with Gasteiger partial charge in [0.25, 0.3) is 0 Å². The number of rotatable bonds is 6. The molecule has 2 aromatic rings. The number of amides is 3. The zero-order valence-electron chi connectivity index (χ0n) is 14.6. The van der Waals surface area contributed by atoms with Crippen LogP contribution in [0.25, 0.3) is 0 Å². The number of hydrogen-bond donors (Lipinski definition) is 3. The van der Waals surface area contributed by atoms with Gasteiger partial charge in [0.1, 0.15) is 6.04 Å². The van der Waals surface area contributed by atoms with Crippen molar-refractivity contribution in [3.63, 3.8) is 0 Å². The molecule has 0 saturated heterocycles. The largest absolute Gasteiger partial charge is 0.326 e. The van der Waals surface area contributed by atoms with E-state index >= 15 is 0 Å². The van der Waals surface area contributed by atoms with Crippen molar-refractivity contribution in [1.29, 1.82) is 0 Å². The Morgan fingerprint density at radius 1 is 0.920 bits per heavy atom. The van der Waals surface area contributed by atoms with E-state index in [0.29, 0.717) is 11.4 Å². The molecule has 0 aliphatic heterocycles. The fourth-order valence-corrected chi connectivity index (χ4v) is 2.75. The maximum atomic E-state index is 12.6. The summed E-state index contributed by atoms with van der Waals surface area (Å²) in [7, 11) is 0. The van der Waals surface area contributed by atoms with Gasteiger partial charge in [0.15, 0.2) is 0 Å². The minimum Gasteiger partial charge on any atom is -0.326 e. The molecular weight excluding hydrogens is 334 g/mol. The molecule has 3 N–H and O–H groups in total. The van der Waals surface area contributed by atoms with Gasteiger partial charge in [-0.05, 0) is 42.5 Å². The lowest BCUT2D eigenvalue weighted by Gasteiger charge is -2.22. The summed E-state index contributed by atoms with van der Waals surface area (Å²) in [6.45, 7) is 3.79. The third-order valence-electron chi connectivity index (χ3n) is 3.60. The number of carbonyl (C=O) groups is 2. The molecule has 0 heterocycles. The van der Waals surface area contributed by atoms with Crippen molar-refractivity contribution in [3.8, 4) is 0 Å². The summed E-state index contributed by atoms with van der Waals surface area (Å²) in [5.41, 5.74) is 1.39. The molecule has 0 saturated carbocycles. The van der Waals surface area contributed by atoms with E-state index in [1.54, 1.807) is 23.9 Å². The Balaban J connectivity index is 2.01. The van der Waals surface area contributed by atoms with Crippen LogP contribution in [0.15, 0.2) is 59.5 Å². The SMILES string of the molecule is CSc1cccc(NC(=O)[C@@H](NC(=O)Nc2ccccc2)C(C)C)c1. The van der Waals surface area contributed by atoms with Crippen molar-refractivity contribution in [2.75, 3.05) is 16.9 Å². The first-order valence-electron chi connectivity index (χ1n) is 8.07. The van der Waals surface area contributed by atoms with Crippen LogP contribution in [-0.2, 0) is 4.79 Å². The van der Waals surface area contributed by atoms with Crippen LogP contribution in [0.2, 0.25) is 0 Å². The Bertz CT molecular complexity index is 720. The second-order valence-corrected chi connectivity index (χ2v) is 6.79. The maximum Gasteiger partial charge on any atom is 0.319 e. The van der Waals surface area contributed by atoms with Gasteiger partial charge in [-0.1, -0.05) is 38.1 Å². The van der Waals surface area contributed by atoms with Gasteiger partial charge in [-0.3, -0.25) is 4.79 Å². The fourth-order valence-electron chi connectivity index (χ4n) is 2.29. The highest BCUT2D eigenvalue weighted by Gasteiger charge is 2.24. The maximum absolute atomic E-state index is 12.6. The molecule has 2 rings (SSSR count). The van der Waals surface area contributed by atoms with Crippen molar-refractivity contribution in [1.82, 2.24) is 5.32 Å². The standard InChI is InChI=1S/C19H23N3O2S/c1-13(2)17(22-19(24)21-14-8-5-4-6-9-14)18(23)20-15-10-7-11-16(12-15)25-3/h4-13,17H,1-3H3,(H,20,23)(H2,21,22,24)/t17-/m0/s1. The Kier molecular flexibility index (Phi) is 6.89. The van der Waals surface area contributed by atoms with E-state index in [2.05, 4.69) is 16.0 Å². The lowest BCUT2D eigenvalue weighted by molar-refractivity contribution is -0.118. The van der Waals surface area contributed by atoms with Crippen LogP contribution < -0.4 is 16.0 Å². The van der Waals surface area contributed by atoms with Gasteiger partial charge in [0.2, 0.25) is 5.91 Å². The number of hydrogen-bond acceptors (Lipinski definition) is 3. The number of thioether (sulfide) groups is 1. The van der Waals surface area contributed by atoms with Crippen molar-refractivity contribution >= 4 is 35.1 Å². The third kappa shape index (κ3) is 5.83. The predicted octanol–water partition coefficient (Wildman–Crippen LogP) is 4.19. The highest BCUT2D eigenvalue weighted by atomic mass is 32.2. The number of anilines is 2. The quantitative estimate of drug-likeness (QED) is 0.679. The monoisotopic (exact) mass is 357 g/mol. The Labute approximate surface area is 152 Å². The summed E-state index contributed by atoms with van der Waals surface area (Å²) in [6.07, 6.45) is 1.98. The van der Waals surface area contributed by atoms with E-state index in [0.717, 1.165) is 4.90 Å². The molecule has 25 heavy (non-hydrogen) atoms. The average molecular weight is 357 g/mol. The van der Waals surface area contributed by atoms with E-state index in [1.165, 1.54) is 0 Å². The van der Waals surface area contributed by atoms with E-state index in [1.807, 2.05) is 62.6 Å². The van der Waals surface area contributed by atoms with Gasteiger partial charge < -0.3 is 16.0 Å². The summed E-state index contributed by atoms with van der Waals surface area (Å²) in [5, 5.41) is 8.35. The lowest BCUT2D eigenvalue weighted by atomic mass is 10.0. The smallest absolute Gasteiger partial charge is 0.319 e. The molecule has 1 atom stereocenters. The van der Waals surface area contributed by atoms with Gasteiger partial charge in [-0.15, -0.1) is 11.8 Å². The van der Waals surface area contributed by atoms with Crippen molar-refractivity contribution in [2.24, 2.45) is 5.92 Å². The zero-order chi connectivity index (χ0) is 18.2. The minimum atomic E-state index is -0.637. The molecule has 0 bridgehead atoms. The first kappa shape index (κ1) is 18.9.